The van der Waals surface area contributed by atoms with Crippen LogP contribution in [0, 0.1) is 0 Å². The molecule has 0 amide bonds. The Hall–Kier alpha value is -0.860. The van der Waals surface area contributed by atoms with E-state index in [1.165, 1.54) is 5.56 Å². The van der Waals surface area contributed by atoms with Crippen LogP contribution in [0.4, 0.5) is 0 Å². The Morgan fingerprint density at radius 1 is 1.23 bits per heavy atom. The molecule has 1 atom stereocenters. The van der Waals surface area contributed by atoms with Crippen molar-refractivity contribution in [3.8, 4) is 0 Å². The lowest BCUT2D eigenvalue weighted by molar-refractivity contribution is -0.157. The molecule has 13 heavy (non-hydrogen) atoms. The van der Waals surface area contributed by atoms with Gasteiger partial charge in [-0.25, -0.2) is 0 Å². The van der Waals surface area contributed by atoms with Gasteiger partial charge in [0.25, 0.3) is 0 Å². The molecule has 0 heterocycles. The highest BCUT2D eigenvalue weighted by Crippen LogP contribution is 2.05. The smallest absolute Gasteiger partial charge is 0.0805 e. The summed E-state index contributed by atoms with van der Waals surface area (Å²) in [6.07, 6.45) is 1.19. The van der Waals surface area contributed by atoms with Crippen molar-refractivity contribution in [2.45, 2.75) is 19.4 Å². The minimum atomic E-state index is 0.234. The number of hydrogen-bond acceptors (Lipinski definition) is 2. The van der Waals surface area contributed by atoms with E-state index in [0.29, 0.717) is 0 Å². The molecule has 0 N–H and O–H groups in total. The van der Waals surface area contributed by atoms with E-state index < -0.39 is 0 Å². The first-order valence-corrected chi connectivity index (χ1v) is 4.56. The standard InChI is InChI=1S/C11H17NO/c1-10(13-12(2)3)9-11-7-5-4-6-8-11/h4-8,10H,9H2,1-3H3. The third kappa shape index (κ3) is 4.06. The molecule has 0 saturated carbocycles. The van der Waals surface area contributed by atoms with Gasteiger partial charge in [-0.1, -0.05) is 30.3 Å². The zero-order valence-corrected chi connectivity index (χ0v) is 8.53. The van der Waals surface area contributed by atoms with Crippen LogP contribution >= 0.6 is 0 Å². The van der Waals surface area contributed by atoms with Gasteiger partial charge in [0, 0.05) is 20.5 Å². The highest BCUT2D eigenvalue weighted by Gasteiger charge is 2.04. The van der Waals surface area contributed by atoms with Crippen LogP contribution in [0.5, 0.6) is 0 Å². The summed E-state index contributed by atoms with van der Waals surface area (Å²) in [4.78, 5) is 5.49. The van der Waals surface area contributed by atoms with E-state index in [1.54, 1.807) is 5.06 Å². The van der Waals surface area contributed by atoms with Crippen molar-refractivity contribution in [2.24, 2.45) is 0 Å². The van der Waals surface area contributed by atoms with Crippen LogP contribution in [0.3, 0.4) is 0 Å². The molecule has 2 nitrogen and oxygen atoms in total. The lowest BCUT2D eigenvalue weighted by atomic mass is 10.1. The lowest BCUT2D eigenvalue weighted by Crippen LogP contribution is -2.22. The number of nitrogens with zero attached hydrogens (tertiary/aromatic N) is 1. The number of hydrogen-bond donors (Lipinski definition) is 0. The van der Waals surface area contributed by atoms with E-state index in [0.717, 1.165) is 6.42 Å². The van der Waals surface area contributed by atoms with E-state index in [1.807, 2.05) is 20.2 Å². The zero-order chi connectivity index (χ0) is 9.68. The monoisotopic (exact) mass is 179 g/mol. The molecule has 0 fully saturated rings. The Balaban J connectivity index is 2.41. The normalized spacial score (nSPS) is 13.2. The minimum Gasteiger partial charge on any atom is -0.296 e. The molecule has 0 aromatic heterocycles. The number of hydroxylamine groups is 2. The van der Waals surface area contributed by atoms with Gasteiger partial charge in [0.2, 0.25) is 0 Å². The van der Waals surface area contributed by atoms with Crippen molar-refractivity contribution in [3.63, 3.8) is 0 Å². The fourth-order valence-electron chi connectivity index (χ4n) is 1.34. The van der Waals surface area contributed by atoms with Crippen LogP contribution in [0.25, 0.3) is 0 Å². The van der Waals surface area contributed by atoms with Crippen LogP contribution in [0.15, 0.2) is 30.3 Å². The first kappa shape index (κ1) is 10.2. The zero-order valence-electron chi connectivity index (χ0n) is 8.53. The highest BCUT2D eigenvalue weighted by molar-refractivity contribution is 5.15. The lowest BCUT2D eigenvalue weighted by Gasteiger charge is -2.17. The summed E-state index contributed by atoms with van der Waals surface area (Å²) in [5, 5.41) is 1.74. The molecule has 1 rings (SSSR count). The summed E-state index contributed by atoms with van der Waals surface area (Å²) in [7, 11) is 3.81. The molecule has 72 valence electrons. The molecule has 0 aliphatic heterocycles. The Morgan fingerprint density at radius 2 is 1.85 bits per heavy atom. The number of rotatable bonds is 4. The van der Waals surface area contributed by atoms with Crippen molar-refractivity contribution in [1.82, 2.24) is 5.06 Å². The summed E-state index contributed by atoms with van der Waals surface area (Å²) < 4.78 is 0. The molecule has 1 aromatic rings. The second-order valence-corrected chi connectivity index (χ2v) is 3.42. The van der Waals surface area contributed by atoms with Gasteiger partial charge in [-0.15, -0.1) is 0 Å². The summed E-state index contributed by atoms with van der Waals surface area (Å²) in [5.74, 6) is 0. The van der Waals surface area contributed by atoms with Gasteiger partial charge in [0.05, 0.1) is 6.10 Å². The van der Waals surface area contributed by atoms with Crippen molar-refractivity contribution in [3.05, 3.63) is 35.9 Å². The quantitative estimate of drug-likeness (QED) is 0.656. The van der Waals surface area contributed by atoms with Gasteiger partial charge in [0.1, 0.15) is 0 Å². The van der Waals surface area contributed by atoms with Crippen molar-refractivity contribution in [2.75, 3.05) is 14.1 Å². The Kier molecular flexibility index (Phi) is 3.93. The van der Waals surface area contributed by atoms with Gasteiger partial charge in [-0.05, 0) is 12.5 Å². The van der Waals surface area contributed by atoms with Crippen LogP contribution in [-0.2, 0) is 11.3 Å². The van der Waals surface area contributed by atoms with E-state index in [2.05, 4.69) is 31.2 Å². The predicted molar refractivity (Wildman–Crippen MR) is 54.4 cm³/mol. The summed E-state index contributed by atoms with van der Waals surface area (Å²) in [5.41, 5.74) is 1.32. The van der Waals surface area contributed by atoms with Crippen molar-refractivity contribution < 1.29 is 4.84 Å². The molecule has 0 spiro atoms. The fourth-order valence-corrected chi connectivity index (χ4v) is 1.34. The van der Waals surface area contributed by atoms with E-state index in [4.69, 9.17) is 4.84 Å². The van der Waals surface area contributed by atoms with E-state index in [9.17, 15) is 0 Å². The molecule has 0 aliphatic carbocycles. The Labute approximate surface area is 80.1 Å². The molecule has 1 unspecified atom stereocenters. The van der Waals surface area contributed by atoms with Gasteiger partial charge < -0.3 is 0 Å². The second-order valence-electron chi connectivity index (χ2n) is 3.42. The first-order valence-electron chi connectivity index (χ1n) is 4.56. The Morgan fingerprint density at radius 3 is 2.38 bits per heavy atom. The van der Waals surface area contributed by atoms with Crippen molar-refractivity contribution >= 4 is 0 Å². The maximum Gasteiger partial charge on any atom is 0.0805 e. The summed E-state index contributed by atoms with van der Waals surface area (Å²) in [6.45, 7) is 2.08. The second kappa shape index (κ2) is 5.00. The molecule has 1 aromatic carbocycles. The van der Waals surface area contributed by atoms with Gasteiger partial charge in [0.15, 0.2) is 0 Å². The fraction of sp³-hybridized carbons (Fsp3) is 0.455. The van der Waals surface area contributed by atoms with Crippen LogP contribution in [0.2, 0.25) is 0 Å². The molecule has 0 radical (unpaired) electrons. The molecule has 2 heteroatoms. The van der Waals surface area contributed by atoms with Gasteiger partial charge >= 0.3 is 0 Å². The van der Waals surface area contributed by atoms with Crippen LogP contribution in [0.1, 0.15) is 12.5 Å². The summed E-state index contributed by atoms with van der Waals surface area (Å²) in [6, 6.07) is 10.4. The van der Waals surface area contributed by atoms with Crippen LogP contribution in [-0.4, -0.2) is 25.3 Å². The predicted octanol–water partition coefficient (Wildman–Crippen LogP) is 2.11. The summed E-state index contributed by atoms with van der Waals surface area (Å²) >= 11 is 0. The average molecular weight is 179 g/mol. The largest absolute Gasteiger partial charge is 0.296 e. The third-order valence-corrected chi connectivity index (χ3v) is 1.76. The van der Waals surface area contributed by atoms with Crippen molar-refractivity contribution in [1.29, 1.82) is 0 Å². The Bertz CT molecular complexity index is 233. The molecule has 0 bridgehead atoms. The SMILES string of the molecule is CC(Cc1ccccc1)ON(C)C. The molecule has 0 saturated heterocycles. The number of benzene rings is 1. The third-order valence-electron chi connectivity index (χ3n) is 1.76. The molecule has 0 aliphatic rings. The van der Waals surface area contributed by atoms with E-state index in [-0.39, 0.29) is 6.10 Å². The molecular weight excluding hydrogens is 162 g/mol. The topological polar surface area (TPSA) is 12.5 Å². The highest BCUT2D eigenvalue weighted by atomic mass is 16.7. The van der Waals surface area contributed by atoms with E-state index >= 15 is 0 Å². The van der Waals surface area contributed by atoms with Gasteiger partial charge in [-0.3, -0.25) is 4.84 Å². The maximum atomic E-state index is 5.49. The van der Waals surface area contributed by atoms with Crippen LogP contribution < -0.4 is 0 Å². The van der Waals surface area contributed by atoms with Gasteiger partial charge in [-0.2, -0.15) is 5.06 Å². The molecular formula is C11H17NO. The maximum absolute atomic E-state index is 5.49. The average Bonchev–Trinajstić information content (AvgIpc) is 2.04. The first-order chi connectivity index (χ1) is 6.18. The minimum absolute atomic E-state index is 0.234.